The minimum absolute atomic E-state index is 0.148. The first-order chi connectivity index (χ1) is 6.22. The molecule has 0 saturated carbocycles. The fourth-order valence-electron chi connectivity index (χ4n) is 1.14. The van der Waals surface area contributed by atoms with Crippen LogP contribution in [0.15, 0.2) is 17.6 Å². The Morgan fingerprint density at radius 2 is 2.46 bits per heavy atom. The monoisotopic (exact) mass is 198 g/mol. The van der Waals surface area contributed by atoms with E-state index in [4.69, 9.17) is 0 Å². The molecule has 1 heterocycles. The van der Waals surface area contributed by atoms with Crippen molar-refractivity contribution in [1.29, 1.82) is 0 Å². The largest absolute Gasteiger partial charge is 0.359 e. The molecule has 0 saturated heterocycles. The zero-order valence-electron chi connectivity index (χ0n) is 7.60. The Morgan fingerprint density at radius 1 is 1.77 bits per heavy atom. The molecule has 0 aliphatic carbocycles. The molecule has 13 heavy (non-hydrogen) atoms. The molecule has 70 valence electrons. The van der Waals surface area contributed by atoms with Crippen LogP contribution in [-0.2, 0) is 0 Å². The van der Waals surface area contributed by atoms with Gasteiger partial charge in [-0.3, -0.25) is 4.99 Å². The molecule has 0 aliphatic heterocycles. The van der Waals surface area contributed by atoms with Crippen molar-refractivity contribution in [3.63, 3.8) is 0 Å². The van der Waals surface area contributed by atoms with Crippen LogP contribution in [0.2, 0.25) is 0 Å². The van der Waals surface area contributed by atoms with Gasteiger partial charge in [0.1, 0.15) is 17.2 Å². The molecular weight excluding hydrogens is 187 g/mol. The number of hydrogen-bond acceptors (Lipinski definition) is 2. The van der Waals surface area contributed by atoms with Crippen LogP contribution in [0.4, 0.5) is 3.89 Å². The first-order valence-electron chi connectivity index (χ1n) is 3.80. The van der Waals surface area contributed by atoms with Gasteiger partial charge in [0.25, 0.3) is 0 Å². The van der Waals surface area contributed by atoms with Gasteiger partial charge in [-0.1, -0.05) is 6.58 Å². The average Bonchev–Trinajstić information content (AvgIpc) is 2.49. The highest BCUT2D eigenvalue weighted by atomic mass is 32.2. The van der Waals surface area contributed by atoms with Crippen molar-refractivity contribution in [2.24, 2.45) is 4.99 Å². The molecule has 0 spiro atoms. The summed E-state index contributed by atoms with van der Waals surface area (Å²) in [6.07, 6.45) is 1.66. The maximum absolute atomic E-state index is 12.4. The van der Waals surface area contributed by atoms with E-state index >= 15 is 0 Å². The third-order valence-electron chi connectivity index (χ3n) is 1.69. The molecule has 0 radical (unpaired) electrons. The first-order valence-corrected chi connectivity index (χ1v) is 4.52. The predicted molar refractivity (Wildman–Crippen MR) is 56.8 cm³/mol. The summed E-state index contributed by atoms with van der Waals surface area (Å²) in [6, 6.07) is 1.85. The molecule has 0 atom stereocenters. The molecule has 0 aliphatic rings. The van der Waals surface area contributed by atoms with Crippen LogP contribution in [0.5, 0.6) is 0 Å². The van der Waals surface area contributed by atoms with E-state index in [-0.39, 0.29) is 12.1 Å². The van der Waals surface area contributed by atoms with Crippen molar-refractivity contribution < 1.29 is 3.89 Å². The van der Waals surface area contributed by atoms with Gasteiger partial charge in [-0.15, -0.1) is 0 Å². The Hall–Kier alpha value is -1.03. The number of nitrogens with zero attached hydrogens (tertiary/aromatic N) is 1. The van der Waals surface area contributed by atoms with Crippen molar-refractivity contribution in [2.75, 3.05) is 7.05 Å². The number of aliphatic imine (C=N–C) groups is 1. The van der Waals surface area contributed by atoms with E-state index in [1.165, 1.54) is 0 Å². The first kappa shape index (κ1) is 10.1. The smallest absolute Gasteiger partial charge is 0.132 e. The Bertz CT molecular complexity index is 341. The number of nitrogens with one attached hydrogen (secondary N) is 1. The van der Waals surface area contributed by atoms with Crippen molar-refractivity contribution >= 4 is 23.3 Å². The number of aryl methyl sites for hydroxylation is 1. The van der Waals surface area contributed by atoms with E-state index in [0.29, 0.717) is 5.04 Å². The molecule has 1 aromatic heterocycles. The third-order valence-corrected chi connectivity index (χ3v) is 2.24. The summed E-state index contributed by atoms with van der Waals surface area (Å²) < 4.78 is 12.4. The highest BCUT2D eigenvalue weighted by Gasteiger charge is 2.10. The van der Waals surface area contributed by atoms with Crippen molar-refractivity contribution in [3.05, 3.63) is 29.6 Å². The van der Waals surface area contributed by atoms with Crippen LogP contribution in [0, 0.1) is 6.92 Å². The molecule has 0 aromatic carbocycles. The SMILES string of the molecule is C=Cc1[nH]c(C)cc1C(=NC)SF. The van der Waals surface area contributed by atoms with Crippen LogP contribution in [0.1, 0.15) is 17.0 Å². The molecule has 0 unspecified atom stereocenters. The lowest BCUT2D eigenvalue weighted by Crippen LogP contribution is -1.93. The van der Waals surface area contributed by atoms with E-state index < -0.39 is 0 Å². The predicted octanol–water partition coefficient (Wildman–Crippen LogP) is 2.96. The Kier molecular flexibility index (Phi) is 3.31. The van der Waals surface area contributed by atoms with Crippen LogP contribution < -0.4 is 0 Å². The van der Waals surface area contributed by atoms with Gasteiger partial charge in [0.15, 0.2) is 0 Å². The number of aromatic nitrogens is 1. The second-order valence-electron chi connectivity index (χ2n) is 2.59. The highest BCUT2D eigenvalue weighted by molar-refractivity contribution is 8.10. The summed E-state index contributed by atoms with van der Waals surface area (Å²) in [5.74, 6) is 0. The number of H-pyrrole nitrogens is 1. The van der Waals surface area contributed by atoms with Gasteiger partial charge in [-0.2, -0.15) is 3.89 Å². The number of halogens is 1. The summed E-state index contributed by atoms with van der Waals surface area (Å²) in [5, 5.41) is 0.374. The summed E-state index contributed by atoms with van der Waals surface area (Å²) in [4.78, 5) is 6.90. The zero-order chi connectivity index (χ0) is 9.84. The van der Waals surface area contributed by atoms with E-state index in [9.17, 15) is 3.89 Å². The van der Waals surface area contributed by atoms with Crippen LogP contribution >= 0.6 is 12.1 Å². The Morgan fingerprint density at radius 3 is 2.92 bits per heavy atom. The quantitative estimate of drug-likeness (QED) is 0.574. The average molecular weight is 198 g/mol. The third kappa shape index (κ3) is 2.01. The van der Waals surface area contributed by atoms with E-state index in [1.807, 2.05) is 13.0 Å². The highest BCUT2D eigenvalue weighted by Crippen LogP contribution is 2.20. The molecule has 1 rings (SSSR count). The van der Waals surface area contributed by atoms with Gasteiger partial charge in [-0.05, 0) is 19.1 Å². The molecule has 0 bridgehead atoms. The van der Waals surface area contributed by atoms with Crippen molar-refractivity contribution in [3.8, 4) is 0 Å². The second kappa shape index (κ2) is 4.28. The fraction of sp³-hybridized carbons (Fsp3) is 0.222. The lowest BCUT2D eigenvalue weighted by atomic mass is 10.2. The van der Waals surface area contributed by atoms with Crippen molar-refractivity contribution in [1.82, 2.24) is 4.98 Å². The zero-order valence-corrected chi connectivity index (χ0v) is 8.41. The number of hydrogen-bond donors (Lipinski definition) is 1. The standard InChI is InChI=1S/C9H11FN2S/c1-4-8-7(5-6(2)12-8)9(11-3)13-10/h4-5,12H,1H2,2-3H3. The number of rotatable bonds is 2. The van der Waals surface area contributed by atoms with Crippen molar-refractivity contribution in [2.45, 2.75) is 6.92 Å². The van der Waals surface area contributed by atoms with E-state index in [2.05, 4.69) is 16.6 Å². The number of aromatic amines is 1. The van der Waals surface area contributed by atoms with Crippen LogP contribution in [-0.4, -0.2) is 17.1 Å². The maximum Gasteiger partial charge on any atom is 0.132 e. The molecule has 2 nitrogen and oxygen atoms in total. The lowest BCUT2D eigenvalue weighted by molar-refractivity contribution is 0.949. The van der Waals surface area contributed by atoms with Gasteiger partial charge >= 0.3 is 0 Å². The maximum atomic E-state index is 12.4. The molecule has 0 fully saturated rings. The van der Waals surface area contributed by atoms with E-state index in [1.54, 1.807) is 13.1 Å². The Labute approximate surface area is 81.3 Å². The van der Waals surface area contributed by atoms with Crippen LogP contribution in [0.3, 0.4) is 0 Å². The van der Waals surface area contributed by atoms with Gasteiger partial charge in [-0.25, -0.2) is 0 Å². The normalized spacial score (nSPS) is 11.8. The molecule has 0 amide bonds. The summed E-state index contributed by atoms with van der Waals surface area (Å²) in [5.41, 5.74) is 2.55. The lowest BCUT2D eigenvalue weighted by Gasteiger charge is -1.96. The second-order valence-corrected chi connectivity index (χ2v) is 3.13. The summed E-state index contributed by atoms with van der Waals surface area (Å²) in [7, 11) is 1.57. The minimum Gasteiger partial charge on any atom is -0.359 e. The van der Waals surface area contributed by atoms with Gasteiger partial charge < -0.3 is 4.98 Å². The minimum atomic E-state index is 0.148. The van der Waals surface area contributed by atoms with Gasteiger partial charge in [0, 0.05) is 24.0 Å². The topological polar surface area (TPSA) is 28.1 Å². The molecule has 4 heteroatoms. The molecule has 1 N–H and O–H groups in total. The van der Waals surface area contributed by atoms with E-state index in [0.717, 1.165) is 17.0 Å². The summed E-state index contributed by atoms with van der Waals surface area (Å²) in [6.45, 7) is 5.55. The van der Waals surface area contributed by atoms with Gasteiger partial charge in [0.2, 0.25) is 0 Å². The Balaban J connectivity index is 3.18. The molecule has 1 aromatic rings. The van der Waals surface area contributed by atoms with Gasteiger partial charge in [0.05, 0.1) is 0 Å². The van der Waals surface area contributed by atoms with Crippen LogP contribution in [0.25, 0.3) is 6.08 Å². The fourth-order valence-corrected chi connectivity index (χ4v) is 1.47. The summed E-state index contributed by atoms with van der Waals surface area (Å²) >= 11 is 0.148. The molecular formula is C9H11FN2S.